The van der Waals surface area contributed by atoms with Gasteiger partial charge in [-0.3, -0.25) is 9.59 Å². The van der Waals surface area contributed by atoms with Gasteiger partial charge in [-0.15, -0.1) is 0 Å². The Bertz CT molecular complexity index is 276. The maximum absolute atomic E-state index is 11.6. The van der Waals surface area contributed by atoms with Crippen molar-refractivity contribution in [3.63, 3.8) is 0 Å². The topological polar surface area (TPSA) is 92.4 Å². The second-order valence-electron chi connectivity index (χ2n) is 4.55. The van der Waals surface area contributed by atoms with Crippen LogP contribution in [-0.4, -0.2) is 30.1 Å². The van der Waals surface area contributed by atoms with Crippen LogP contribution in [0.2, 0.25) is 0 Å². The first-order valence-corrected chi connectivity index (χ1v) is 5.13. The molecule has 0 aromatic carbocycles. The van der Waals surface area contributed by atoms with E-state index in [0.29, 0.717) is 13.1 Å². The lowest BCUT2D eigenvalue weighted by molar-refractivity contribution is -0.140. The monoisotopic (exact) mass is 214 g/mol. The lowest BCUT2D eigenvalue weighted by Gasteiger charge is -2.04. The quantitative estimate of drug-likeness (QED) is 0.553. The summed E-state index contributed by atoms with van der Waals surface area (Å²) in [7, 11) is 0. The Hall–Kier alpha value is -1.10. The molecule has 0 spiro atoms. The standard InChI is InChI=1S/C10H18N2O3/c1-10(2)6(7(10)9(14)15)8(13)12-5-3-4-11/h6-7H,3-5,11H2,1-2H3,(H,12,13)(H,14,15)/t6-,7+/m1/s1. The largest absolute Gasteiger partial charge is 0.481 e. The van der Waals surface area contributed by atoms with E-state index >= 15 is 0 Å². The fourth-order valence-corrected chi connectivity index (χ4v) is 2.01. The van der Waals surface area contributed by atoms with E-state index in [2.05, 4.69) is 5.32 Å². The number of carboxylic acid groups (broad SMARTS) is 1. The zero-order chi connectivity index (χ0) is 11.6. The minimum atomic E-state index is -0.890. The molecular weight excluding hydrogens is 196 g/mol. The Labute approximate surface area is 89.0 Å². The fraction of sp³-hybridized carbons (Fsp3) is 0.800. The van der Waals surface area contributed by atoms with Crippen LogP contribution < -0.4 is 11.1 Å². The summed E-state index contributed by atoms with van der Waals surface area (Å²) in [5.41, 5.74) is 4.87. The molecule has 1 fully saturated rings. The van der Waals surface area contributed by atoms with Gasteiger partial charge in [0.1, 0.15) is 0 Å². The van der Waals surface area contributed by atoms with Gasteiger partial charge in [-0.25, -0.2) is 0 Å². The molecule has 1 amide bonds. The Balaban J connectivity index is 2.45. The number of carbonyl (C=O) groups excluding carboxylic acids is 1. The average molecular weight is 214 g/mol. The number of rotatable bonds is 5. The fourth-order valence-electron chi connectivity index (χ4n) is 2.01. The van der Waals surface area contributed by atoms with Gasteiger partial charge in [0.15, 0.2) is 0 Å². The van der Waals surface area contributed by atoms with Crippen molar-refractivity contribution in [2.45, 2.75) is 20.3 Å². The van der Waals surface area contributed by atoms with Gasteiger partial charge in [0.25, 0.3) is 0 Å². The maximum Gasteiger partial charge on any atom is 0.307 e. The zero-order valence-electron chi connectivity index (χ0n) is 9.12. The molecule has 1 rings (SSSR count). The summed E-state index contributed by atoms with van der Waals surface area (Å²) in [5, 5.41) is 11.6. The van der Waals surface area contributed by atoms with Gasteiger partial charge in [0.2, 0.25) is 5.91 Å². The predicted molar refractivity (Wildman–Crippen MR) is 55.1 cm³/mol. The number of amides is 1. The first-order chi connectivity index (χ1) is 6.92. The number of aliphatic carboxylic acids is 1. The third kappa shape index (κ3) is 2.28. The van der Waals surface area contributed by atoms with Crippen LogP contribution in [0, 0.1) is 17.3 Å². The molecule has 0 aliphatic heterocycles. The summed E-state index contributed by atoms with van der Waals surface area (Å²) in [6.07, 6.45) is 0.719. The second kappa shape index (κ2) is 4.18. The van der Waals surface area contributed by atoms with E-state index in [1.54, 1.807) is 13.8 Å². The summed E-state index contributed by atoms with van der Waals surface area (Å²) < 4.78 is 0. The van der Waals surface area contributed by atoms with Crippen LogP contribution in [-0.2, 0) is 9.59 Å². The van der Waals surface area contributed by atoms with Gasteiger partial charge in [0.05, 0.1) is 11.8 Å². The Morgan fingerprint density at radius 3 is 2.40 bits per heavy atom. The molecule has 0 bridgehead atoms. The molecular formula is C10H18N2O3. The molecule has 1 aliphatic rings. The first-order valence-electron chi connectivity index (χ1n) is 5.13. The van der Waals surface area contributed by atoms with Crippen LogP contribution in [0.1, 0.15) is 20.3 Å². The molecule has 0 radical (unpaired) electrons. The summed E-state index contributed by atoms with van der Waals surface area (Å²) >= 11 is 0. The van der Waals surface area contributed by atoms with Crippen molar-refractivity contribution in [2.24, 2.45) is 23.0 Å². The lowest BCUT2D eigenvalue weighted by Crippen LogP contribution is -2.29. The van der Waals surface area contributed by atoms with Gasteiger partial charge in [-0.05, 0) is 18.4 Å². The van der Waals surface area contributed by atoms with Gasteiger partial charge in [0, 0.05) is 6.54 Å². The third-order valence-corrected chi connectivity index (χ3v) is 3.06. The molecule has 1 saturated carbocycles. The van der Waals surface area contributed by atoms with E-state index in [4.69, 9.17) is 10.8 Å². The number of nitrogens with one attached hydrogen (secondary N) is 1. The highest BCUT2D eigenvalue weighted by Gasteiger charge is 2.65. The van der Waals surface area contributed by atoms with Crippen molar-refractivity contribution >= 4 is 11.9 Å². The lowest BCUT2D eigenvalue weighted by atomic mass is 10.1. The normalized spacial score (nSPS) is 27.1. The molecule has 4 N–H and O–H groups in total. The average Bonchev–Trinajstić information content (AvgIpc) is 2.69. The molecule has 0 unspecified atom stereocenters. The Kier molecular flexibility index (Phi) is 3.34. The molecule has 5 nitrogen and oxygen atoms in total. The van der Waals surface area contributed by atoms with Crippen LogP contribution in [0.5, 0.6) is 0 Å². The minimum Gasteiger partial charge on any atom is -0.481 e. The van der Waals surface area contributed by atoms with Crippen LogP contribution in [0.3, 0.4) is 0 Å². The zero-order valence-corrected chi connectivity index (χ0v) is 9.12. The molecule has 0 aromatic heterocycles. The number of hydrogen-bond acceptors (Lipinski definition) is 3. The van der Waals surface area contributed by atoms with Gasteiger partial charge in [-0.2, -0.15) is 0 Å². The molecule has 15 heavy (non-hydrogen) atoms. The van der Waals surface area contributed by atoms with Gasteiger partial charge in [-0.1, -0.05) is 13.8 Å². The number of nitrogens with two attached hydrogens (primary N) is 1. The van der Waals surface area contributed by atoms with E-state index in [9.17, 15) is 9.59 Å². The van der Waals surface area contributed by atoms with Crippen LogP contribution in [0.25, 0.3) is 0 Å². The first kappa shape index (κ1) is 12.0. The van der Waals surface area contributed by atoms with Gasteiger partial charge >= 0.3 is 5.97 Å². The Morgan fingerprint density at radius 1 is 1.40 bits per heavy atom. The molecule has 5 heteroatoms. The second-order valence-corrected chi connectivity index (χ2v) is 4.55. The molecule has 1 aliphatic carbocycles. The van der Waals surface area contributed by atoms with Crippen molar-refractivity contribution in [1.82, 2.24) is 5.32 Å². The van der Waals surface area contributed by atoms with E-state index in [-0.39, 0.29) is 5.91 Å². The summed E-state index contributed by atoms with van der Waals surface area (Å²) in [6.45, 7) is 4.66. The van der Waals surface area contributed by atoms with Crippen molar-refractivity contribution in [3.8, 4) is 0 Å². The van der Waals surface area contributed by atoms with E-state index in [1.165, 1.54) is 0 Å². The highest BCUT2D eigenvalue weighted by Crippen LogP contribution is 2.58. The highest BCUT2D eigenvalue weighted by atomic mass is 16.4. The summed E-state index contributed by atoms with van der Waals surface area (Å²) in [4.78, 5) is 22.4. The summed E-state index contributed by atoms with van der Waals surface area (Å²) in [5.74, 6) is -2.00. The molecule has 86 valence electrons. The van der Waals surface area contributed by atoms with Crippen molar-refractivity contribution < 1.29 is 14.7 Å². The SMILES string of the molecule is CC1(C)[C@H](C(=O)O)[C@@H]1C(=O)NCCCN. The highest BCUT2D eigenvalue weighted by molar-refractivity contribution is 5.91. The predicted octanol–water partition coefficient (Wildman–Crippen LogP) is -0.192. The van der Waals surface area contributed by atoms with E-state index in [0.717, 1.165) is 6.42 Å². The smallest absolute Gasteiger partial charge is 0.307 e. The van der Waals surface area contributed by atoms with Crippen molar-refractivity contribution in [2.75, 3.05) is 13.1 Å². The van der Waals surface area contributed by atoms with E-state index in [1.807, 2.05) is 0 Å². The van der Waals surface area contributed by atoms with E-state index < -0.39 is 23.2 Å². The maximum atomic E-state index is 11.6. The molecule has 0 heterocycles. The minimum absolute atomic E-state index is 0.166. The van der Waals surface area contributed by atoms with Crippen molar-refractivity contribution in [1.29, 1.82) is 0 Å². The molecule has 0 aromatic rings. The van der Waals surface area contributed by atoms with Crippen LogP contribution in [0.15, 0.2) is 0 Å². The number of hydrogen-bond donors (Lipinski definition) is 3. The van der Waals surface area contributed by atoms with Crippen LogP contribution >= 0.6 is 0 Å². The molecule has 0 saturated heterocycles. The molecule has 2 atom stereocenters. The summed E-state index contributed by atoms with van der Waals surface area (Å²) in [6, 6.07) is 0. The third-order valence-electron chi connectivity index (χ3n) is 3.06. The number of carboxylic acids is 1. The van der Waals surface area contributed by atoms with Crippen LogP contribution in [0.4, 0.5) is 0 Å². The Morgan fingerprint density at radius 2 is 2.00 bits per heavy atom. The van der Waals surface area contributed by atoms with Gasteiger partial charge < -0.3 is 16.2 Å². The number of carbonyl (C=O) groups is 2. The van der Waals surface area contributed by atoms with Crippen molar-refractivity contribution in [3.05, 3.63) is 0 Å².